The van der Waals surface area contributed by atoms with Gasteiger partial charge >= 0.3 is 5.97 Å². The number of hydrogen-bond acceptors (Lipinski definition) is 7. The summed E-state index contributed by atoms with van der Waals surface area (Å²) in [6.45, 7) is 3.96. The van der Waals surface area contributed by atoms with E-state index in [0.29, 0.717) is 23.2 Å². The smallest absolute Gasteiger partial charge is 0.305 e. The minimum Gasteiger partial charge on any atom is -0.481 e. The highest BCUT2D eigenvalue weighted by Crippen LogP contribution is 2.79. The third kappa shape index (κ3) is 4.08. The van der Waals surface area contributed by atoms with Crippen LogP contribution in [0.1, 0.15) is 44.2 Å². The quantitative estimate of drug-likeness (QED) is 0.276. The number of carbonyl (C=O) groups is 2. The number of benzene rings is 3. The summed E-state index contributed by atoms with van der Waals surface area (Å²) in [5, 5.41) is 35.9. The number of fused-ring (bicyclic) bond motifs is 3. The molecule has 3 saturated heterocycles. The van der Waals surface area contributed by atoms with Gasteiger partial charge in [-0.2, -0.15) is 0 Å². The van der Waals surface area contributed by atoms with E-state index >= 15 is 0 Å². The molecule has 0 radical (unpaired) electrons. The Morgan fingerprint density at radius 2 is 1.63 bits per heavy atom. The number of anilines is 1. The molecular weight excluding hydrogens is 555 g/mol. The topological polar surface area (TPSA) is 132 Å². The summed E-state index contributed by atoms with van der Waals surface area (Å²) in [6.07, 6.45) is -1.94. The van der Waals surface area contributed by atoms with Gasteiger partial charge < -0.3 is 30.1 Å². The lowest BCUT2D eigenvalue weighted by molar-refractivity contribution is -0.327. The molecule has 6 rings (SSSR count). The molecule has 0 aromatic heterocycles. The number of nitrogens with zero attached hydrogens (tertiary/aromatic N) is 1. The van der Waals surface area contributed by atoms with E-state index in [-0.39, 0.29) is 13.0 Å². The number of hydrogen-bond donors (Lipinski definition) is 4. The maximum absolute atomic E-state index is 14.7. The predicted molar refractivity (Wildman–Crippen MR) is 154 cm³/mol. The zero-order chi connectivity index (χ0) is 30.6. The molecule has 3 aliphatic rings. The van der Waals surface area contributed by atoms with Gasteiger partial charge in [-0.05, 0) is 42.2 Å². The van der Waals surface area contributed by atoms with Crippen LogP contribution in [0.4, 0.5) is 10.1 Å². The second-order valence-electron chi connectivity index (χ2n) is 11.8. The number of aliphatic carboxylic acids is 1. The molecule has 10 heteroatoms. The number of carboxylic acid groups (broad SMARTS) is 1. The Hall–Kier alpha value is -3.67. The highest BCUT2D eigenvalue weighted by atomic mass is 19.1. The van der Waals surface area contributed by atoms with E-state index in [4.69, 9.17) is 9.47 Å². The minimum atomic E-state index is -2.00. The number of rotatable bonds is 9. The number of carboxylic acids is 1. The van der Waals surface area contributed by atoms with E-state index < -0.39 is 64.9 Å². The van der Waals surface area contributed by atoms with Crippen LogP contribution >= 0.6 is 0 Å². The van der Waals surface area contributed by atoms with Crippen LogP contribution in [0.25, 0.3) is 0 Å². The summed E-state index contributed by atoms with van der Waals surface area (Å²) < 4.78 is 27.8. The number of ether oxygens (including phenoxy) is 2. The van der Waals surface area contributed by atoms with E-state index in [1.807, 2.05) is 26.0 Å². The van der Waals surface area contributed by atoms with Crippen LogP contribution in [0, 0.1) is 11.7 Å². The van der Waals surface area contributed by atoms with E-state index in [0.717, 1.165) is 0 Å². The molecule has 3 fully saturated rings. The first-order valence-corrected chi connectivity index (χ1v) is 14.5. The maximum Gasteiger partial charge on any atom is 0.305 e. The standard InChI is InChI=1S/C33H35FN2O7/c1-21(2)33-31(29(40)35-25-11-7-4-8-12-25)30(43-31,22-9-5-3-6-10-22)32(41,23-13-15-24(34)16-14-23)36(33)18-17-27(42-33)19-26(37)20-28(38)39/h3-16,21,26-27,37,41H,17-20H2,1-2H3,(H,35,40)(H,38,39)/t26-,27-,30-,31-,32-,33-/m1/s1. The third-order valence-electron chi connectivity index (χ3n) is 9.07. The van der Waals surface area contributed by atoms with Crippen molar-refractivity contribution in [2.45, 2.75) is 68.0 Å². The average Bonchev–Trinajstić information content (AvgIpc) is 3.67. The number of aliphatic hydroxyl groups excluding tert-OH is 1. The summed E-state index contributed by atoms with van der Waals surface area (Å²) in [6, 6.07) is 23.4. The predicted octanol–water partition coefficient (Wildman–Crippen LogP) is 3.96. The zero-order valence-electron chi connectivity index (χ0n) is 23.9. The lowest BCUT2D eigenvalue weighted by Gasteiger charge is -2.55. The first-order valence-electron chi connectivity index (χ1n) is 14.5. The number of epoxide rings is 1. The molecular formula is C33H35FN2O7. The fraction of sp³-hybridized carbons (Fsp3) is 0.394. The Labute approximate surface area is 248 Å². The molecule has 9 nitrogen and oxygen atoms in total. The molecule has 0 unspecified atom stereocenters. The number of amides is 1. The highest BCUT2D eigenvalue weighted by molar-refractivity contribution is 6.03. The normalized spacial score (nSPS) is 32.1. The Bertz CT molecular complexity index is 1510. The van der Waals surface area contributed by atoms with Gasteiger partial charge in [0.15, 0.2) is 17.1 Å². The molecule has 0 spiro atoms. The molecule has 0 aliphatic carbocycles. The molecule has 1 amide bonds. The summed E-state index contributed by atoms with van der Waals surface area (Å²) in [5.74, 6) is -2.62. The van der Waals surface area contributed by atoms with Crippen molar-refractivity contribution in [3.05, 3.63) is 102 Å². The van der Waals surface area contributed by atoms with Gasteiger partial charge in [0.2, 0.25) is 5.60 Å². The van der Waals surface area contributed by atoms with Crippen LogP contribution < -0.4 is 5.32 Å². The Morgan fingerprint density at radius 1 is 1.00 bits per heavy atom. The number of aliphatic hydroxyl groups is 2. The summed E-state index contributed by atoms with van der Waals surface area (Å²) in [5.41, 5.74) is -5.71. The number of morpholine rings is 1. The van der Waals surface area contributed by atoms with E-state index in [2.05, 4.69) is 5.32 Å². The van der Waals surface area contributed by atoms with Crippen LogP contribution in [0.2, 0.25) is 0 Å². The number of halogens is 1. The van der Waals surface area contributed by atoms with Crippen molar-refractivity contribution in [1.82, 2.24) is 4.90 Å². The van der Waals surface area contributed by atoms with Crippen molar-refractivity contribution >= 4 is 17.6 Å². The fourth-order valence-electron chi connectivity index (χ4n) is 7.42. The molecule has 226 valence electrons. The molecule has 3 aromatic rings. The lowest BCUT2D eigenvalue weighted by Crippen LogP contribution is -2.70. The largest absolute Gasteiger partial charge is 0.481 e. The molecule has 3 aromatic carbocycles. The molecule has 3 aliphatic heterocycles. The van der Waals surface area contributed by atoms with Crippen molar-refractivity contribution < 1.29 is 38.8 Å². The second-order valence-corrected chi connectivity index (χ2v) is 11.8. The van der Waals surface area contributed by atoms with Gasteiger partial charge in [-0.25, -0.2) is 9.29 Å². The zero-order valence-corrected chi connectivity index (χ0v) is 23.9. The van der Waals surface area contributed by atoms with Gasteiger partial charge in [-0.1, -0.05) is 74.5 Å². The molecule has 3 heterocycles. The molecule has 4 N–H and O–H groups in total. The van der Waals surface area contributed by atoms with Gasteiger partial charge in [0.05, 0.1) is 18.6 Å². The fourth-order valence-corrected chi connectivity index (χ4v) is 7.42. The molecule has 0 saturated carbocycles. The summed E-state index contributed by atoms with van der Waals surface area (Å²) in [4.78, 5) is 27.8. The van der Waals surface area contributed by atoms with E-state index in [1.165, 1.54) is 24.3 Å². The second kappa shape index (κ2) is 10.5. The van der Waals surface area contributed by atoms with Crippen molar-refractivity contribution in [3.63, 3.8) is 0 Å². The minimum absolute atomic E-state index is 0.0122. The molecule has 43 heavy (non-hydrogen) atoms. The van der Waals surface area contributed by atoms with Crippen molar-refractivity contribution in [3.8, 4) is 0 Å². The van der Waals surface area contributed by atoms with Gasteiger partial charge in [0.25, 0.3) is 5.91 Å². The van der Waals surface area contributed by atoms with Gasteiger partial charge in [-0.3, -0.25) is 9.59 Å². The van der Waals surface area contributed by atoms with Crippen molar-refractivity contribution in [2.24, 2.45) is 5.92 Å². The Kier molecular flexibility index (Phi) is 7.18. The maximum atomic E-state index is 14.7. The highest BCUT2D eigenvalue weighted by Gasteiger charge is 2.99. The third-order valence-corrected chi connectivity index (χ3v) is 9.07. The summed E-state index contributed by atoms with van der Waals surface area (Å²) >= 11 is 0. The monoisotopic (exact) mass is 590 g/mol. The number of carbonyl (C=O) groups excluding carboxylic acids is 1. The van der Waals surface area contributed by atoms with E-state index in [9.17, 15) is 29.3 Å². The van der Waals surface area contributed by atoms with Crippen molar-refractivity contribution in [2.75, 3.05) is 11.9 Å². The molecule has 6 atom stereocenters. The average molecular weight is 591 g/mol. The number of nitrogens with one attached hydrogen (secondary N) is 1. The lowest BCUT2D eigenvalue weighted by atomic mass is 9.73. The van der Waals surface area contributed by atoms with Crippen LogP contribution in [0.5, 0.6) is 0 Å². The van der Waals surface area contributed by atoms with Gasteiger partial charge in [0, 0.05) is 24.2 Å². The first-order chi connectivity index (χ1) is 20.5. The first kappa shape index (κ1) is 29.4. The van der Waals surface area contributed by atoms with E-state index in [1.54, 1.807) is 53.4 Å². The van der Waals surface area contributed by atoms with Crippen molar-refractivity contribution in [1.29, 1.82) is 0 Å². The summed E-state index contributed by atoms with van der Waals surface area (Å²) in [7, 11) is 0. The van der Waals surface area contributed by atoms with Crippen LogP contribution in [-0.2, 0) is 30.4 Å². The Morgan fingerprint density at radius 3 is 2.23 bits per heavy atom. The number of para-hydroxylation sites is 1. The van der Waals surface area contributed by atoms with Gasteiger partial charge in [0.1, 0.15) is 5.82 Å². The Balaban J connectivity index is 1.57. The molecule has 0 bridgehead atoms. The van der Waals surface area contributed by atoms with Crippen LogP contribution in [0.3, 0.4) is 0 Å². The SMILES string of the molecule is CC(C)[C@]12O[C@@H](C[C@@H](O)CC(=O)O)CCN1[C@@](O)(c1ccc(F)cc1)[C@]1(c3ccccc3)O[C@]12C(=O)Nc1ccccc1. The van der Waals surface area contributed by atoms with Crippen LogP contribution in [0.15, 0.2) is 84.9 Å². The van der Waals surface area contributed by atoms with Crippen LogP contribution in [-0.4, -0.2) is 62.2 Å². The van der Waals surface area contributed by atoms with Gasteiger partial charge in [-0.15, -0.1) is 0 Å².